The SMILES string of the molecule is c1ccc(-c2nc(Cc3ccncc3)oc2-c2ccccc2)cc1. The van der Waals surface area contributed by atoms with Crippen molar-refractivity contribution in [2.75, 3.05) is 0 Å². The minimum atomic E-state index is 0.648. The molecule has 0 saturated heterocycles. The summed E-state index contributed by atoms with van der Waals surface area (Å²) in [7, 11) is 0. The summed E-state index contributed by atoms with van der Waals surface area (Å²) in [5, 5.41) is 0. The molecule has 0 atom stereocenters. The van der Waals surface area contributed by atoms with E-state index in [1.165, 1.54) is 0 Å². The zero-order valence-electron chi connectivity index (χ0n) is 13.1. The molecule has 0 fully saturated rings. The van der Waals surface area contributed by atoms with E-state index in [9.17, 15) is 0 Å². The van der Waals surface area contributed by atoms with Crippen LogP contribution in [-0.4, -0.2) is 9.97 Å². The van der Waals surface area contributed by atoms with Gasteiger partial charge >= 0.3 is 0 Å². The number of hydrogen-bond donors (Lipinski definition) is 0. The molecule has 3 nitrogen and oxygen atoms in total. The summed E-state index contributed by atoms with van der Waals surface area (Å²) in [6.45, 7) is 0. The Morgan fingerprint density at radius 3 is 2.00 bits per heavy atom. The van der Waals surface area contributed by atoms with Gasteiger partial charge in [-0.2, -0.15) is 0 Å². The number of oxazole rings is 1. The maximum atomic E-state index is 6.13. The van der Waals surface area contributed by atoms with E-state index >= 15 is 0 Å². The van der Waals surface area contributed by atoms with Crippen LogP contribution in [0.1, 0.15) is 11.5 Å². The van der Waals surface area contributed by atoms with Crippen molar-refractivity contribution in [2.45, 2.75) is 6.42 Å². The zero-order valence-corrected chi connectivity index (χ0v) is 13.1. The second-order valence-electron chi connectivity index (χ2n) is 5.55. The fourth-order valence-electron chi connectivity index (χ4n) is 2.69. The van der Waals surface area contributed by atoms with E-state index in [0.717, 1.165) is 28.1 Å². The van der Waals surface area contributed by atoms with Crippen LogP contribution in [-0.2, 0) is 6.42 Å². The Kier molecular flexibility index (Phi) is 3.90. The lowest BCUT2D eigenvalue weighted by molar-refractivity contribution is 0.519. The lowest BCUT2D eigenvalue weighted by Crippen LogP contribution is -1.88. The highest BCUT2D eigenvalue weighted by molar-refractivity contribution is 5.76. The van der Waals surface area contributed by atoms with Gasteiger partial charge in [0.2, 0.25) is 0 Å². The lowest BCUT2D eigenvalue weighted by Gasteiger charge is -2.00. The van der Waals surface area contributed by atoms with E-state index in [1.807, 2.05) is 60.7 Å². The average Bonchev–Trinajstić information content (AvgIpc) is 3.08. The van der Waals surface area contributed by atoms with Crippen molar-refractivity contribution >= 4 is 0 Å². The summed E-state index contributed by atoms with van der Waals surface area (Å²) >= 11 is 0. The topological polar surface area (TPSA) is 38.9 Å². The quantitative estimate of drug-likeness (QED) is 0.532. The Labute approximate surface area is 140 Å². The predicted molar refractivity (Wildman–Crippen MR) is 94.4 cm³/mol. The fraction of sp³-hybridized carbons (Fsp3) is 0.0476. The van der Waals surface area contributed by atoms with Crippen molar-refractivity contribution in [1.82, 2.24) is 9.97 Å². The number of rotatable bonds is 4. The first-order valence-corrected chi connectivity index (χ1v) is 7.89. The van der Waals surface area contributed by atoms with E-state index in [4.69, 9.17) is 9.40 Å². The molecule has 2 aromatic heterocycles. The molecule has 4 aromatic rings. The van der Waals surface area contributed by atoms with Gasteiger partial charge in [-0.15, -0.1) is 0 Å². The lowest BCUT2D eigenvalue weighted by atomic mass is 10.1. The molecule has 0 aliphatic rings. The molecule has 24 heavy (non-hydrogen) atoms. The molecule has 0 N–H and O–H groups in total. The molecule has 116 valence electrons. The average molecular weight is 312 g/mol. The number of aromatic nitrogens is 2. The first-order valence-electron chi connectivity index (χ1n) is 7.89. The van der Waals surface area contributed by atoms with Crippen molar-refractivity contribution in [2.24, 2.45) is 0 Å². The van der Waals surface area contributed by atoms with Crippen LogP contribution >= 0.6 is 0 Å². The van der Waals surface area contributed by atoms with Gasteiger partial charge in [-0.25, -0.2) is 4.98 Å². The van der Waals surface area contributed by atoms with E-state index in [1.54, 1.807) is 12.4 Å². The highest BCUT2D eigenvalue weighted by Gasteiger charge is 2.16. The normalized spacial score (nSPS) is 10.7. The number of pyridine rings is 1. The van der Waals surface area contributed by atoms with Crippen LogP contribution in [0.25, 0.3) is 22.6 Å². The summed E-state index contributed by atoms with van der Waals surface area (Å²) in [6, 6.07) is 24.2. The molecule has 0 spiro atoms. The van der Waals surface area contributed by atoms with Crippen LogP contribution in [0.15, 0.2) is 89.6 Å². The van der Waals surface area contributed by atoms with Crippen LogP contribution in [0.5, 0.6) is 0 Å². The van der Waals surface area contributed by atoms with Gasteiger partial charge in [0.1, 0.15) is 5.69 Å². The van der Waals surface area contributed by atoms with Gasteiger partial charge < -0.3 is 4.42 Å². The molecule has 0 radical (unpaired) electrons. The Morgan fingerprint density at radius 1 is 0.708 bits per heavy atom. The summed E-state index contributed by atoms with van der Waals surface area (Å²) in [5.74, 6) is 1.52. The van der Waals surface area contributed by atoms with E-state index < -0.39 is 0 Å². The fourth-order valence-corrected chi connectivity index (χ4v) is 2.69. The van der Waals surface area contributed by atoms with Gasteiger partial charge in [0.05, 0.1) is 0 Å². The minimum Gasteiger partial charge on any atom is -0.440 e. The van der Waals surface area contributed by atoms with E-state index in [2.05, 4.69) is 17.1 Å². The van der Waals surface area contributed by atoms with Gasteiger partial charge in [-0.3, -0.25) is 4.98 Å². The molecule has 0 amide bonds. The molecule has 0 aliphatic heterocycles. The molecule has 4 rings (SSSR count). The molecular formula is C21H16N2O. The molecule has 2 aromatic carbocycles. The molecule has 0 bridgehead atoms. The molecule has 0 aliphatic carbocycles. The van der Waals surface area contributed by atoms with E-state index in [-0.39, 0.29) is 0 Å². The molecule has 0 unspecified atom stereocenters. The highest BCUT2D eigenvalue weighted by atomic mass is 16.4. The van der Waals surface area contributed by atoms with Crippen LogP contribution < -0.4 is 0 Å². The molecule has 2 heterocycles. The van der Waals surface area contributed by atoms with E-state index in [0.29, 0.717) is 12.3 Å². The summed E-state index contributed by atoms with van der Waals surface area (Å²) < 4.78 is 6.13. The Hall–Kier alpha value is -3.20. The third-order valence-electron chi connectivity index (χ3n) is 3.86. The predicted octanol–water partition coefficient (Wildman–Crippen LogP) is 4.99. The number of benzene rings is 2. The summed E-state index contributed by atoms with van der Waals surface area (Å²) in [5.41, 5.74) is 4.10. The summed E-state index contributed by atoms with van der Waals surface area (Å²) in [4.78, 5) is 8.82. The summed E-state index contributed by atoms with van der Waals surface area (Å²) in [6.07, 6.45) is 4.22. The maximum absolute atomic E-state index is 6.13. The minimum absolute atomic E-state index is 0.648. The van der Waals surface area contributed by atoms with Gasteiger partial charge in [0, 0.05) is 29.9 Å². The smallest absolute Gasteiger partial charge is 0.199 e. The van der Waals surface area contributed by atoms with Crippen molar-refractivity contribution in [3.05, 3.63) is 96.6 Å². The Bertz CT molecular complexity index is 859. The third kappa shape index (κ3) is 2.97. The third-order valence-corrected chi connectivity index (χ3v) is 3.86. The number of hydrogen-bond acceptors (Lipinski definition) is 3. The number of nitrogens with zero attached hydrogens (tertiary/aromatic N) is 2. The van der Waals surface area contributed by atoms with Crippen LogP contribution in [0.2, 0.25) is 0 Å². The van der Waals surface area contributed by atoms with Crippen LogP contribution in [0, 0.1) is 0 Å². The van der Waals surface area contributed by atoms with Crippen LogP contribution in [0.3, 0.4) is 0 Å². The van der Waals surface area contributed by atoms with Gasteiger partial charge in [-0.05, 0) is 17.7 Å². The van der Waals surface area contributed by atoms with Crippen molar-refractivity contribution in [3.63, 3.8) is 0 Å². The molecule has 0 saturated carbocycles. The first-order chi connectivity index (χ1) is 11.9. The standard InChI is InChI=1S/C21H16N2O/c1-3-7-17(8-4-1)20-21(18-9-5-2-6-10-18)24-19(23-20)15-16-11-13-22-14-12-16/h1-14H,15H2. The molecule has 3 heteroatoms. The Balaban J connectivity index is 1.79. The van der Waals surface area contributed by atoms with Gasteiger partial charge in [0.15, 0.2) is 11.7 Å². The maximum Gasteiger partial charge on any atom is 0.199 e. The second kappa shape index (κ2) is 6.50. The zero-order chi connectivity index (χ0) is 16.2. The molecular weight excluding hydrogens is 296 g/mol. The Morgan fingerprint density at radius 2 is 1.33 bits per heavy atom. The largest absolute Gasteiger partial charge is 0.440 e. The van der Waals surface area contributed by atoms with Crippen molar-refractivity contribution in [3.8, 4) is 22.6 Å². The second-order valence-corrected chi connectivity index (χ2v) is 5.55. The van der Waals surface area contributed by atoms with Gasteiger partial charge in [-0.1, -0.05) is 60.7 Å². The van der Waals surface area contributed by atoms with Crippen LogP contribution in [0.4, 0.5) is 0 Å². The van der Waals surface area contributed by atoms with Crippen molar-refractivity contribution in [1.29, 1.82) is 0 Å². The van der Waals surface area contributed by atoms with Crippen molar-refractivity contribution < 1.29 is 4.42 Å². The first kappa shape index (κ1) is 14.4. The monoisotopic (exact) mass is 312 g/mol. The van der Waals surface area contributed by atoms with Gasteiger partial charge in [0.25, 0.3) is 0 Å². The highest BCUT2D eigenvalue weighted by Crippen LogP contribution is 2.33.